The molecule has 178 valence electrons. The van der Waals surface area contributed by atoms with Crippen molar-refractivity contribution in [3.8, 4) is 11.5 Å². The van der Waals surface area contributed by atoms with Crippen LogP contribution in [0.1, 0.15) is 26.5 Å². The van der Waals surface area contributed by atoms with Crippen LogP contribution in [0.4, 0.5) is 10.1 Å². The molecular formula is C24H23FN2O7. The number of amides is 2. The molecule has 3 rings (SSSR count). The van der Waals surface area contributed by atoms with E-state index < -0.39 is 30.2 Å². The smallest absolute Gasteiger partial charge is 0.340 e. The Balaban J connectivity index is 1.74. The van der Waals surface area contributed by atoms with Crippen LogP contribution in [0.2, 0.25) is 0 Å². The predicted octanol–water partition coefficient (Wildman–Crippen LogP) is 3.50. The summed E-state index contributed by atoms with van der Waals surface area (Å²) in [6.07, 6.45) is 1.34. The first-order chi connectivity index (χ1) is 16.3. The SMILES string of the molecule is COc1cc(NC(=O)c2ccco2)c(C(=O)OCC(=O)N(C)Cc2cccc(F)c2)cc1OC. The molecule has 0 unspecified atom stereocenters. The average molecular weight is 470 g/mol. The van der Waals surface area contributed by atoms with Crippen molar-refractivity contribution in [2.24, 2.45) is 0 Å². The molecule has 3 aromatic rings. The number of hydrogen-bond acceptors (Lipinski definition) is 7. The summed E-state index contributed by atoms with van der Waals surface area (Å²) in [7, 11) is 4.30. The summed E-state index contributed by atoms with van der Waals surface area (Å²) in [5, 5.41) is 2.57. The Morgan fingerprint density at radius 2 is 1.76 bits per heavy atom. The summed E-state index contributed by atoms with van der Waals surface area (Å²) in [5.41, 5.74) is 0.604. The number of carbonyl (C=O) groups excluding carboxylic acids is 3. The van der Waals surface area contributed by atoms with E-state index in [2.05, 4.69) is 5.32 Å². The first-order valence-electron chi connectivity index (χ1n) is 10.1. The van der Waals surface area contributed by atoms with Crippen molar-refractivity contribution < 1.29 is 37.4 Å². The number of likely N-dealkylation sites (N-methyl/N-ethyl adjacent to an activating group) is 1. The first kappa shape index (κ1) is 24.3. The minimum Gasteiger partial charge on any atom is -0.493 e. The van der Waals surface area contributed by atoms with Gasteiger partial charge in [0.1, 0.15) is 5.82 Å². The van der Waals surface area contributed by atoms with Crippen molar-refractivity contribution in [3.63, 3.8) is 0 Å². The number of nitrogens with zero attached hydrogens (tertiary/aromatic N) is 1. The number of anilines is 1. The van der Waals surface area contributed by atoms with Gasteiger partial charge in [-0.1, -0.05) is 12.1 Å². The Hall–Kier alpha value is -4.34. The third kappa shape index (κ3) is 5.91. The summed E-state index contributed by atoms with van der Waals surface area (Å²) < 4.78 is 34.1. The molecule has 0 aliphatic heterocycles. The van der Waals surface area contributed by atoms with Gasteiger partial charge in [0.15, 0.2) is 23.9 Å². The fourth-order valence-corrected chi connectivity index (χ4v) is 3.06. The fourth-order valence-electron chi connectivity index (χ4n) is 3.06. The van der Waals surface area contributed by atoms with E-state index in [1.165, 1.54) is 62.8 Å². The van der Waals surface area contributed by atoms with Gasteiger partial charge in [0.05, 0.1) is 31.7 Å². The van der Waals surface area contributed by atoms with Crippen molar-refractivity contribution in [1.29, 1.82) is 0 Å². The van der Waals surface area contributed by atoms with E-state index in [9.17, 15) is 18.8 Å². The molecule has 2 amide bonds. The minimum atomic E-state index is -0.872. The normalized spacial score (nSPS) is 10.4. The van der Waals surface area contributed by atoms with Crippen molar-refractivity contribution >= 4 is 23.5 Å². The number of hydrogen-bond donors (Lipinski definition) is 1. The highest BCUT2D eigenvalue weighted by Gasteiger charge is 2.22. The second-order valence-corrected chi connectivity index (χ2v) is 7.14. The van der Waals surface area contributed by atoms with Gasteiger partial charge >= 0.3 is 5.97 Å². The lowest BCUT2D eigenvalue weighted by Gasteiger charge is -2.18. The second-order valence-electron chi connectivity index (χ2n) is 7.14. The highest BCUT2D eigenvalue weighted by Crippen LogP contribution is 2.34. The lowest BCUT2D eigenvalue weighted by molar-refractivity contribution is -0.133. The molecule has 9 nitrogen and oxygen atoms in total. The number of esters is 1. The molecule has 1 heterocycles. The van der Waals surface area contributed by atoms with Gasteiger partial charge in [0.25, 0.3) is 11.8 Å². The number of benzene rings is 2. The zero-order chi connectivity index (χ0) is 24.7. The molecular weight excluding hydrogens is 447 g/mol. The Labute approximate surface area is 195 Å². The summed E-state index contributed by atoms with van der Waals surface area (Å²) in [6.45, 7) is -0.431. The van der Waals surface area contributed by atoms with Crippen molar-refractivity contribution in [2.75, 3.05) is 33.2 Å². The van der Waals surface area contributed by atoms with Crippen LogP contribution in [-0.2, 0) is 16.1 Å². The van der Waals surface area contributed by atoms with E-state index in [4.69, 9.17) is 18.6 Å². The van der Waals surface area contributed by atoms with Gasteiger partial charge in [-0.15, -0.1) is 0 Å². The first-order valence-corrected chi connectivity index (χ1v) is 10.1. The maximum atomic E-state index is 13.4. The molecule has 0 fully saturated rings. The summed E-state index contributed by atoms with van der Waals surface area (Å²) in [5.74, 6) is -1.87. The van der Waals surface area contributed by atoms with Gasteiger partial charge in [-0.25, -0.2) is 9.18 Å². The van der Waals surface area contributed by atoms with E-state index in [0.717, 1.165) is 0 Å². The molecule has 0 aliphatic carbocycles. The molecule has 0 aliphatic rings. The Bertz CT molecular complexity index is 1180. The van der Waals surface area contributed by atoms with Gasteiger partial charge in [0.2, 0.25) is 0 Å². The van der Waals surface area contributed by atoms with Gasteiger partial charge < -0.3 is 28.8 Å². The highest BCUT2D eigenvalue weighted by atomic mass is 19.1. The Morgan fingerprint density at radius 1 is 1.03 bits per heavy atom. The molecule has 34 heavy (non-hydrogen) atoms. The molecule has 1 N–H and O–H groups in total. The molecule has 0 atom stereocenters. The summed E-state index contributed by atoms with van der Waals surface area (Å²) in [4.78, 5) is 39.0. The van der Waals surface area contributed by atoms with Gasteiger partial charge in [-0.2, -0.15) is 0 Å². The van der Waals surface area contributed by atoms with E-state index in [-0.39, 0.29) is 35.1 Å². The van der Waals surface area contributed by atoms with E-state index >= 15 is 0 Å². The van der Waals surface area contributed by atoms with Crippen LogP contribution in [0.3, 0.4) is 0 Å². The molecule has 0 saturated carbocycles. The average Bonchev–Trinajstić information content (AvgIpc) is 3.37. The second kappa shape index (κ2) is 11.0. The maximum absolute atomic E-state index is 13.4. The quantitative estimate of drug-likeness (QED) is 0.477. The van der Waals surface area contributed by atoms with Gasteiger partial charge in [-0.3, -0.25) is 9.59 Å². The molecule has 1 aromatic heterocycles. The van der Waals surface area contributed by atoms with Gasteiger partial charge in [-0.05, 0) is 29.8 Å². The molecule has 0 saturated heterocycles. The van der Waals surface area contributed by atoms with Crippen LogP contribution >= 0.6 is 0 Å². The molecule has 0 radical (unpaired) electrons. The third-order valence-electron chi connectivity index (χ3n) is 4.80. The number of rotatable bonds is 9. The van der Waals surface area contributed by atoms with Crippen LogP contribution in [-0.4, -0.2) is 50.6 Å². The van der Waals surface area contributed by atoms with Crippen molar-refractivity contribution in [1.82, 2.24) is 4.90 Å². The number of furan rings is 1. The zero-order valence-electron chi connectivity index (χ0n) is 18.8. The van der Waals surface area contributed by atoms with Crippen LogP contribution in [0.15, 0.2) is 59.2 Å². The number of halogens is 1. The van der Waals surface area contributed by atoms with Crippen LogP contribution in [0.5, 0.6) is 11.5 Å². The number of carbonyl (C=O) groups is 3. The van der Waals surface area contributed by atoms with E-state index in [0.29, 0.717) is 5.56 Å². The molecule has 0 spiro atoms. The monoisotopic (exact) mass is 470 g/mol. The molecule has 10 heteroatoms. The summed E-state index contributed by atoms with van der Waals surface area (Å²) >= 11 is 0. The van der Waals surface area contributed by atoms with Crippen molar-refractivity contribution in [2.45, 2.75) is 6.54 Å². The lowest BCUT2D eigenvalue weighted by atomic mass is 10.1. The number of ether oxygens (including phenoxy) is 3. The maximum Gasteiger partial charge on any atom is 0.340 e. The lowest BCUT2D eigenvalue weighted by Crippen LogP contribution is -2.31. The van der Waals surface area contributed by atoms with Crippen LogP contribution in [0.25, 0.3) is 0 Å². The summed E-state index contributed by atoms with van der Waals surface area (Å²) in [6, 6.07) is 11.6. The fraction of sp³-hybridized carbons (Fsp3) is 0.208. The Morgan fingerprint density at radius 3 is 2.41 bits per heavy atom. The minimum absolute atomic E-state index is 0.0308. The Kier molecular flexibility index (Phi) is 7.86. The number of methoxy groups -OCH3 is 2. The molecule has 2 aromatic carbocycles. The van der Waals surface area contributed by atoms with Gasteiger partial charge in [0, 0.05) is 25.7 Å². The largest absolute Gasteiger partial charge is 0.493 e. The number of nitrogens with one attached hydrogen (secondary N) is 1. The predicted molar refractivity (Wildman–Crippen MR) is 119 cm³/mol. The highest BCUT2D eigenvalue weighted by molar-refractivity contribution is 6.07. The molecule has 0 bridgehead atoms. The van der Waals surface area contributed by atoms with Crippen LogP contribution < -0.4 is 14.8 Å². The van der Waals surface area contributed by atoms with Crippen LogP contribution in [0, 0.1) is 5.82 Å². The topological polar surface area (TPSA) is 107 Å². The standard InChI is InChI=1S/C24H23FN2O7/c1-27(13-15-6-4-7-16(25)10-15)22(28)14-34-24(30)17-11-20(31-2)21(32-3)12-18(17)26-23(29)19-8-5-9-33-19/h4-12H,13-14H2,1-3H3,(H,26,29). The van der Waals surface area contributed by atoms with E-state index in [1.807, 2.05) is 0 Å². The third-order valence-corrected chi connectivity index (χ3v) is 4.80. The van der Waals surface area contributed by atoms with E-state index in [1.54, 1.807) is 18.2 Å². The zero-order valence-corrected chi connectivity index (χ0v) is 18.8. The van der Waals surface area contributed by atoms with Crippen molar-refractivity contribution in [3.05, 3.63) is 77.5 Å².